The van der Waals surface area contributed by atoms with Crippen molar-refractivity contribution < 1.29 is 38.4 Å². The number of carbonyl (C=O) groups is 3. The summed E-state index contributed by atoms with van der Waals surface area (Å²) in [6, 6.07) is 12.2. The Morgan fingerprint density at radius 2 is 1.51 bits per heavy atom. The van der Waals surface area contributed by atoms with Gasteiger partial charge in [0, 0.05) is 6.07 Å². The van der Waals surface area contributed by atoms with Crippen molar-refractivity contribution >= 4 is 41.0 Å². The van der Waals surface area contributed by atoms with E-state index in [1.807, 2.05) is 0 Å². The summed E-state index contributed by atoms with van der Waals surface area (Å²) in [5.74, 6) is -1.54. The van der Waals surface area contributed by atoms with Gasteiger partial charge < -0.3 is 14.2 Å². The summed E-state index contributed by atoms with van der Waals surface area (Å²) in [7, 11) is 2.78. The van der Waals surface area contributed by atoms with Crippen molar-refractivity contribution in [2.24, 2.45) is 0 Å². The van der Waals surface area contributed by atoms with Gasteiger partial charge in [-0.15, -0.1) is 0 Å². The number of nitro groups is 2. The van der Waals surface area contributed by atoms with Gasteiger partial charge in [0.05, 0.1) is 35.8 Å². The van der Waals surface area contributed by atoms with E-state index in [0.29, 0.717) is 5.75 Å². The lowest BCUT2D eigenvalue weighted by atomic mass is 10.1. The Balaban J connectivity index is 1.71. The Morgan fingerprint density at radius 1 is 0.821 bits per heavy atom. The van der Waals surface area contributed by atoms with E-state index >= 15 is 0 Å². The second-order valence-electron chi connectivity index (χ2n) is 7.83. The Bertz CT molecular complexity index is 1550. The Morgan fingerprint density at radius 3 is 2.13 bits per heavy atom. The Kier molecular flexibility index (Phi) is 7.19. The molecule has 0 bridgehead atoms. The number of nitro benzene ring substituents is 2. The third kappa shape index (κ3) is 5.34. The van der Waals surface area contributed by atoms with E-state index in [2.05, 4.69) is 5.32 Å². The van der Waals surface area contributed by atoms with Crippen molar-refractivity contribution in [3.05, 3.63) is 92.0 Å². The average molecular weight is 534 g/mol. The maximum atomic E-state index is 13.2. The molecule has 3 aromatic rings. The molecule has 14 heteroatoms. The summed E-state index contributed by atoms with van der Waals surface area (Å²) < 4.78 is 16.0. The van der Waals surface area contributed by atoms with Gasteiger partial charge in [-0.1, -0.05) is 6.07 Å². The number of amides is 4. The van der Waals surface area contributed by atoms with Crippen molar-refractivity contribution in [1.82, 2.24) is 5.32 Å². The van der Waals surface area contributed by atoms with E-state index in [1.165, 1.54) is 50.6 Å². The van der Waals surface area contributed by atoms with Crippen LogP contribution in [0, 0.1) is 20.2 Å². The molecule has 1 fully saturated rings. The number of hydrogen-bond acceptors (Lipinski definition) is 10. The van der Waals surface area contributed by atoms with Crippen molar-refractivity contribution in [2.45, 2.75) is 0 Å². The highest BCUT2D eigenvalue weighted by Crippen LogP contribution is 2.39. The average Bonchev–Trinajstić information content (AvgIpc) is 2.91. The molecule has 0 aliphatic carbocycles. The maximum Gasteiger partial charge on any atom is 0.335 e. The van der Waals surface area contributed by atoms with Crippen molar-refractivity contribution in [3.8, 4) is 23.0 Å². The molecule has 39 heavy (non-hydrogen) atoms. The molecule has 1 saturated heterocycles. The molecule has 4 amide bonds. The lowest BCUT2D eigenvalue weighted by Crippen LogP contribution is -2.54. The van der Waals surface area contributed by atoms with Crippen LogP contribution >= 0.6 is 0 Å². The summed E-state index contributed by atoms with van der Waals surface area (Å²) in [4.78, 5) is 59.8. The van der Waals surface area contributed by atoms with Gasteiger partial charge in [-0.3, -0.25) is 35.1 Å². The summed E-state index contributed by atoms with van der Waals surface area (Å²) in [5, 5.41) is 24.6. The highest BCUT2D eigenvalue weighted by Gasteiger charge is 2.37. The number of nitrogens with zero attached hydrogens (tertiary/aromatic N) is 3. The number of non-ortho nitro benzene ring substituents is 1. The van der Waals surface area contributed by atoms with E-state index in [1.54, 1.807) is 12.1 Å². The van der Waals surface area contributed by atoms with Crippen LogP contribution in [-0.2, 0) is 9.59 Å². The number of carbonyl (C=O) groups excluding carboxylic acids is 3. The summed E-state index contributed by atoms with van der Waals surface area (Å²) in [5.41, 5.74) is -1.09. The van der Waals surface area contributed by atoms with Crippen molar-refractivity contribution in [3.63, 3.8) is 0 Å². The van der Waals surface area contributed by atoms with Crippen molar-refractivity contribution in [1.29, 1.82) is 0 Å². The molecule has 1 N–H and O–H groups in total. The van der Waals surface area contributed by atoms with Crippen LogP contribution in [0.1, 0.15) is 5.56 Å². The molecule has 14 nitrogen and oxygen atoms in total. The first kappa shape index (κ1) is 26.3. The SMILES string of the molecule is COc1ccc(N2C(=O)NC(=O)/C(=C/c3ccc(OC)c(Oc4ccc([N+](=O)[O-])cc4[N+](=O)[O-])c3)C2=O)cc1. The quantitative estimate of drug-likeness (QED) is 0.192. The number of methoxy groups -OCH3 is 2. The van der Waals surface area contributed by atoms with Gasteiger partial charge in [-0.05, 0) is 54.1 Å². The molecule has 3 aromatic carbocycles. The van der Waals surface area contributed by atoms with Gasteiger partial charge in [0.25, 0.3) is 17.5 Å². The zero-order valence-corrected chi connectivity index (χ0v) is 20.3. The molecule has 0 spiro atoms. The van der Waals surface area contributed by atoms with Gasteiger partial charge in [-0.25, -0.2) is 9.69 Å². The zero-order valence-electron chi connectivity index (χ0n) is 20.3. The largest absolute Gasteiger partial charge is 0.497 e. The van der Waals surface area contributed by atoms with Crippen LogP contribution in [0.15, 0.2) is 66.2 Å². The second kappa shape index (κ2) is 10.7. The fourth-order valence-corrected chi connectivity index (χ4v) is 3.62. The maximum absolute atomic E-state index is 13.2. The predicted molar refractivity (Wildman–Crippen MR) is 135 cm³/mol. The van der Waals surface area contributed by atoms with E-state index in [9.17, 15) is 34.6 Å². The minimum atomic E-state index is -0.934. The number of anilines is 1. The van der Waals surface area contributed by atoms with E-state index < -0.39 is 39.1 Å². The Labute approximate surface area is 219 Å². The molecule has 0 atom stereocenters. The van der Waals surface area contributed by atoms with E-state index in [-0.39, 0.29) is 34.1 Å². The molecule has 0 saturated carbocycles. The fourth-order valence-electron chi connectivity index (χ4n) is 3.62. The first-order valence-electron chi connectivity index (χ1n) is 11.0. The molecule has 198 valence electrons. The summed E-state index contributed by atoms with van der Waals surface area (Å²) in [6.07, 6.45) is 1.21. The number of ether oxygens (including phenoxy) is 3. The van der Waals surface area contributed by atoms with Gasteiger partial charge in [-0.2, -0.15) is 0 Å². The van der Waals surface area contributed by atoms with Crippen LogP contribution in [0.3, 0.4) is 0 Å². The molecule has 4 rings (SSSR count). The van der Waals surface area contributed by atoms with Gasteiger partial charge >= 0.3 is 11.7 Å². The molecule has 1 aliphatic heterocycles. The van der Waals surface area contributed by atoms with Crippen LogP contribution < -0.4 is 24.4 Å². The lowest BCUT2D eigenvalue weighted by molar-refractivity contribution is -0.394. The van der Waals surface area contributed by atoms with Gasteiger partial charge in [0.1, 0.15) is 11.3 Å². The smallest absolute Gasteiger partial charge is 0.335 e. The number of imide groups is 2. The fraction of sp³-hybridized carbons (Fsp3) is 0.0800. The zero-order chi connectivity index (χ0) is 28.3. The number of urea groups is 1. The van der Waals surface area contributed by atoms with E-state index in [4.69, 9.17) is 14.2 Å². The number of benzene rings is 3. The number of rotatable bonds is 8. The molecule has 1 aliphatic rings. The molecular formula is C25H18N4O10. The summed E-state index contributed by atoms with van der Waals surface area (Å²) in [6.45, 7) is 0. The van der Waals surface area contributed by atoms with Crippen LogP contribution in [0.25, 0.3) is 6.08 Å². The highest BCUT2D eigenvalue weighted by molar-refractivity contribution is 6.39. The molecule has 1 heterocycles. The third-order valence-corrected chi connectivity index (χ3v) is 5.50. The number of barbiturate groups is 1. The normalized spacial score (nSPS) is 14.2. The minimum absolute atomic E-state index is 0.0458. The van der Waals surface area contributed by atoms with Gasteiger partial charge in [0.15, 0.2) is 11.5 Å². The van der Waals surface area contributed by atoms with Crippen LogP contribution in [0.5, 0.6) is 23.0 Å². The number of nitrogens with one attached hydrogen (secondary N) is 1. The predicted octanol–water partition coefficient (Wildman–Crippen LogP) is 3.98. The molecule has 0 unspecified atom stereocenters. The lowest BCUT2D eigenvalue weighted by Gasteiger charge is -2.26. The first-order chi connectivity index (χ1) is 18.6. The topological polar surface area (TPSA) is 180 Å². The highest BCUT2D eigenvalue weighted by atomic mass is 16.6. The van der Waals surface area contributed by atoms with E-state index in [0.717, 1.165) is 23.1 Å². The van der Waals surface area contributed by atoms with Crippen LogP contribution in [-0.4, -0.2) is 41.9 Å². The molecule has 0 aromatic heterocycles. The van der Waals surface area contributed by atoms with Gasteiger partial charge in [0.2, 0.25) is 5.75 Å². The van der Waals surface area contributed by atoms with Crippen LogP contribution in [0.4, 0.5) is 21.9 Å². The molecular weight excluding hydrogens is 516 g/mol. The monoisotopic (exact) mass is 534 g/mol. The molecule has 0 radical (unpaired) electrons. The minimum Gasteiger partial charge on any atom is -0.497 e. The number of hydrogen-bond donors (Lipinski definition) is 1. The standard InChI is InChI=1S/C25H18N4O10/c1-37-17-7-4-15(5-8-17)27-24(31)18(23(30)26-25(27)32)11-14-3-9-21(38-2)22(12-14)39-20-10-6-16(28(33)34)13-19(20)29(35)36/h3-13H,1-2H3,(H,26,30,32)/b18-11-. The Hall–Kier alpha value is -5.79. The van der Waals surface area contributed by atoms with Crippen LogP contribution in [0.2, 0.25) is 0 Å². The third-order valence-electron chi connectivity index (χ3n) is 5.50. The second-order valence-corrected chi connectivity index (χ2v) is 7.83. The first-order valence-corrected chi connectivity index (χ1v) is 11.0. The van der Waals surface area contributed by atoms with Crippen molar-refractivity contribution in [2.75, 3.05) is 19.1 Å². The summed E-state index contributed by atoms with van der Waals surface area (Å²) >= 11 is 0.